The van der Waals surface area contributed by atoms with Crippen LogP contribution in [0, 0.1) is 10.7 Å². The van der Waals surface area contributed by atoms with Gasteiger partial charge in [0, 0.05) is 17.6 Å². The average molecular weight is 595 g/mol. The van der Waals surface area contributed by atoms with Crippen molar-refractivity contribution in [2.45, 2.75) is 6.92 Å². The first kappa shape index (κ1) is 15.6. The number of allylic oxidation sites excluding steroid dienone is 1. The maximum Gasteiger partial charge on any atom is 0.339 e. The van der Waals surface area contributed by atoms with Gasteiger partial charge in [0.2, 0.25) is 0 Å². The fourth-order valence-electron chi connectivity index (χ4n) is 1.50. The molecule has 0 aliphatic carbocycles. The topological polar surface area (TPSA) is 55.3 Å². The van der Waals surface area contributed by atoms with Crippen LogP contribution in [0.5, 0.6) is 0 Å². The van der Waals surface area contributed by atoms with Gasteiger partial charge in [0.15, 0.2) is 6.34 Å². The van der Waals surface area contributed by atoms with Crippen molar-refractivity contribution in [3.8, 4) is 0 Å². The Labute approximate surface area is 151 Å². The molecule has 0 unspecified atom stereocenters. The Balaban J connectivity index is 2.13. The van der Waals surface area contributed by atoms with E-state index in [1.165, 1.54) is 0 Å². The molecule has 0 amide bonds. The van der Waals surface area contributed by atoms with Crippen molar-refractivity contribution in [1.82, 2.24) is 0 Å². The highest BCUT2D eigenvalue weighted by Crippen LogP contribution is 2.23. The number of carbonyl (C=O) groups excluding carboxylic acids is 1. The Bertz CT molecular complexity index is 597. The van der Waals surface area contributed by atoms with Gasteiger partial charge in [0.25, 0.3) is 0 Å². The lowest BCUT2D eigenvalue weighted by molar-refractivity contribution is -0.470. The van der Waals surface area contributed by atoms with Gasteiger partial charge >= 0.3 is 5.97 Å². The van der Waals surface area contributed by atoms with Gasteiger partial charge in [0.1, 0.15) is 18.0 Å². The molecule has 0 aromatic heterocycles. The number of benzene rings is 1. The first-order chi connectivity index (χ1) is 8.99. The molecule has 100 valence electrons. The molecule has 0 spiro atoms. The van der Waals surface area contributed by atoms with Crippen molar-refractivity contribution in [3.05, 3.63) is 39.8 Å². The van der Waals surface area contributed by atoms with Crippen LogP contribution in [0.1, 0.15) is 17.3 Å². The molecular formula is C12H10I3N2O2+. The Morgan fingerprint density at radius 2 is 2.11 bits per heavy atom. The van der Waals surface area contributed by atoms with Crippen LogP contribution in [0.25, 0.3) is 0 Å². The normalized spacial score (nSPS) is 14.1. The van der Waals surface area contributed by atoms with Crippen molar-refractivity contribution in [2.24, 2.45) is 4.99 Å². The Morgan fingerprint density at radius 3 is 2.74 bits per heavy atom. The maximum atomic E-state index is 12.1. The van der Waals surface area contributed by atoms with Gasteiger partial charge in [-0.25, -0.2) is 4.79 Å². The Hall–Kier alpha value is 0.250. The summed E-state index contributed by atoms with van der Waals surface area (Å²) in [5.41, 5.74) is 2.46. The second-order valence-electron chi connectivity index (χ2n) is 3.90. The Kier molecular flexibility index (Phi) is 5.60. The zero-order chi connectivity index (χ0) is 14.0. The van der Waals surface area contributed by atoms with Gasteiger partial charge in [-0.2, -0.15) is 4.99 Å². The van der Waals surface area contributed by atoms with Crippen LogP contribution in [0.15, 0.2) is 28.5 Å². The number of rotatable bonds is 3. The summed E-state index contributed by atoms with van der Waals surface area (Å²) >= 11 is 6.59. The summed E-state index contributed by atoms with van der Waals surface area (Å²) < 4.78 is 8.34. The molecule has 0 radical (unpaired) electrons. The third-order valence-electron chi connectivity index (χ3n) is 2.56. The van der Waals surface area contributed by atoms with E-state index < -0.39 is 0 Å². The SMILES string of the molecule is CC1=C(COC(=O)c2cc(I)cc(I)c2I)N=C[NH2+]1. The molecule has 1 aliphatic heterocycles. The predicted molar refractivity (Wildman–Crippen MR) is 98.0 cm³/mol. The molecular weight excluding hydrogens is 585 g/mol. The molecule has 0 saturated heterocycles. The van der Waals surface area contributed by atoms with Crippen molar-refractivity contribution < 1.29 is 14.8 Å². The molecule has 1 aliphatic rings. The first-order valence-electron chi connectivity index (χ1n) is 5.38. The van der Waals surface area contributed by atoms with E-state index in [1.807, 2.05) is 24.4 Å². The standard InChI is InChI=1S/C12H9I3N2O2/c1-6-10(17-5-16-6)4-19-12(18)8-2-7(13)3-9(14)11(8)15/h2-3,5H,4H2,1H3,(H,16,17)/p+1. The summed E-state index contributed by atoms with van der Waals surface area (Å²) in [6, 6.07) is 3.88. The molecule has 0 fully saturated rings. The number of ether oxygens (including phenoxy) is 1. The number of hydrogen-bond acceptors (Lipinski definition) is 3. The zero-order valence-electron chi connectivity index (χ0n) is 9.91. The smallest absolute Gasteiger partial charge is 0.339 e. The molecule has 1 aromatic carbocycles. The molecule has 1 heterocycles. The predicted octanol–water partition coefficient (Wildman–Crippen LogP) is 2.49. The number of quaternary nitrogens is 1. The van der Waals surface area contributed by atoms with Crippen LogP contribution >= 0.6 is 67.8 Å². The summed E-state index contributed by atoms with van der Waals surface area (Å²) in [4.78, 5) is 16.3. The molecule has 7 heteroatoms. The Morgan fingerprint density at radius 1 is 1.37 bits per heavy atom. The van der Waals surface area contributed by atoms with Gasteiger partial charge in [-0.15, -0.1) is 0 Å². The number of carbonyl (C=O) groups is 1. The minimum absolute atomic E-state index is 0.218. The summed E-state index contributed by atoms with van der Waals surface area (Å²) in [5, 5.41) is 1.90. The van der Waals surface area contributed by atoms with E-state index >= 15 is 0 Å². The minimum atomic E-state index is -0.303. The van der Waals surface area contributed by atoms with E-state index in [9.17, 15) is 4.79 Å². The van der Waals surface area contributed by atoms with Crippen LogP contribution in [0.3, 0.4) is 0 Å². The lowest BCUT2D eigenvalue weighted by atomic mass is 10.2. The van der Waals surface area contributed by atoms with Crippen molar-refractivity contribution in [2.75, 3.05) is 6.61 Å². The zero-order valence-corrected chi connectivity index (χ0v) is 16.4. The molecule has 0 bridgehead atoms. The lowest BCUT2D eigenvalue weighted by Crippen LogP contribution is -2.78. The van der Waals surface area contributed by atoms with Crippen molar-refractivity contribution >= 4 is 80.1 Å². The number of esters is 1. The lowest BCUT2D eigenvalue weighted by Gasteiger charge is -2.08. The van der Waals surface area contributed by atoms with Gasteiger partial charge in [-0.3, -0.25) is 5.32 Å². The van der Waals surface area contributed by atoms with E-state index in [0.29, 0.717) is 5.56 Å². The third-order valence-corrected chi connectivity index (χ3v) is 6.23. The van der Waals surface area contributed by atoms with Crippen molar-refractivity contribution in [1.29, 1.82) is 0 Å². The number of nitrogens with two attached hydrogens (primary N) is 1. The largest absolute Gasteiger partial charge is 0.455 e. The van der Waals surface area contributed by atoms with Gasteiger partial charge in [-0.1, -0.05) is 0 Å². The number of halogens is 3. The van der Waals surface area contributed by atoms with E-state index in [-0.39, 0.29) is 12.6 Å². The molecule has 1 aromatic rings. The van der Waals surface area contributed by atoms with Crippen LogP contribution in [0.2, 0.25) is 0 Å². The summed E-state index contributed by atoms with van der Waals surface area (Å²) in [6.07, 6.45) is 1.72. The first-order valence-corrected chi connectivity index (χ1v) is 8.61. The minimum Gasteiger partial charge on any atom is -0.455 e. The van der Waals surface area contributed by atoms with Crippen LogP contribution in [-0.2, 0) is 4.74 Å². The quantitative estimate of drug-likeness (QED) is 0.332. The molecule has 0 atom stereocenters. The van der Waals surface area contributed by atoms with Crippen LogP contribution in [-0.4, -0.2) is 18.9 Å². The van der Waals surface area contributed by atoms with Crippen LogP contribution < -0.4 is 5.32 Å². The number of nitrogens with zero attached hydrogens (tertiary/aromatic N) is 1. The van der Waals surface area contributed by atoms with Crippen molar-refractivity contribution in [3.63, 3.8) is 0 Å². The highest BCUT2D eigenvalue weighted by atomic mass is 127. The third kappa shape index (κ3) is 3.88. The molecule has 19 heavy (non-hydrogen) atoms. The summed E-state index contributed by atoms with van der Waals surface area (Å²) in [7, 11) is 0. The molecule has 4 nitrogen and oxygen atoms in total. The van der Waals surface area contributed by atoms with E-state index in [4.69, 9.17) is 4.74 Å². The number of aliphatic imine (C=N–C) groups is 1. The summed E-state index contributed by atoms with van der Waals surface area (Å²) in [5.74, 6) is -0.303. The van der Waals surface area contributed by atoms with Gasteiger partial charge in [0.05, 0.1) is 5.56 Å². The second kappa shape index (κ2) is 6.80. The van der Waals surface area contributed by atoms with Gasteiger partial charge in [-0.05, 0) is 79.9 Å². The highest BCUT2D eigenvalue weighted by Gasteiger charge is 2.17. The molecule has 0 saturated carbocycles. The van der Waals surface area contributed by atoms with Gasteiger partial charge < -0.3 is 4.74 Å². The molecule has 2 N–H and O–H groups in total. The maximum absolute atomic E-state index is 12.1. The second-order valence-corrected chi connectivity index (χ2v) is 7.39. The van der Waals surface area contributed by atoms with E-state index in [2.05, 4.69) is 72.8 Å². The van der Waals surface area contributed by atoms with E-state index in [1.54, 1.807) is 6.34 Å². The van der Waals surface area contributed by atoms with E-state index in [0.717, 1.165) is 22.1 Å². The number of hydrogen-bond donors (Lipinski definition) is 1. The average Bonchev–Trinajstić information content (AvgIpc) is 2.76. The monoisotopic (exact) mass is 595 g/mol. The fraction of sp³-hybridized carbons (Fsp3) is 0.167. The highest BCUT2D eigenvalue weighted by molar-refractivity contribution is 14.1. The fourth-order valence-corrected chi connectivity index (χ4v) is 3.88. The van der Waals surface area contributed by atoms with Crippen LogP contribution in [0.4, 0.5) is 0 Å². The summed E-state index contributed by atoms with van der Waals surface area (Å²) in [6.45, 7) is 2.17. The molecule has 2 rings (SSSR count).